The fourth-order valence-corrected chi connectivity index (χ4v) is 1.46. The maximum absolute atomic E-state index is 5.55. The molecule has 0 atom stereocenters. The smallest absolute Gasteiger partial charge is 0.322 e. The number of ether oxygens (including phenoxy) is 1. The molecule has 0 aliphatic rings. The van der Waals surface area contributed by atoms with E-state index < -0.39 is 0 Å². The second-order valence-electron chi connectivity index (χ2n) is 3.76. The van der Waals surface area contributed by atoms with Crippen LogP contribution >= 0.6 is 0 Å². The summed E-state index contributed by atoms with van der Waals surface area (Å²) in [7, 11) is 1.92. The number of hydrogen-bond acceptors (Lipinski definition) is 4. The standard InChI is InChI=1S/C13H15N3O/c1-10-7-8-15-13(16-10)17-12-5-3-11(4-6-12)9-14-2/h3-8,14H,9H2,1-2H3. The molecule has 4 nitrogen and oxygen atoms in total. The molecule has 1 N–H and O–H groups in total. The Morgan fingerprint density at radius 2 is 1.94 bits per heavy atom. The zero-order chi connectivity index (χ0) is 12.1. The Morgan fingerprint density at radius 1 is 1.18 bits per heavy atom. The molecule has 1 aromatic heterocycles. The van der Waals surface area contributed by atoms with Crippen LogP contribution in [-0.4, -0.2) is 17.0 Å². The van der Waals surface area contributed by atoms with E-state index in [1.807, 2.05) is 44.3 Å². The Hall–Kier alpha value is -1.94. The number of hydrogen-bond donors (Lipinski definition) is 1. The van der Waals surface area contributed by atoms with Gasteiger partial charge in [0, 0.05) is 18.4 Å². The van der Waals surface area contributed by atoms with Crippen LogP contribution in [0.4, 0.5) is 0 Å². The van der Waals surface area contributed by atoms with E-state index in [9.17, 15) is 0 Å². The average Bonchev–Trinajstić information content (AvgIpc) is 2.32. The Balaban J connectivity index is 2.08. The van der Waals surface area contributed by atoms with Gasteiger partial charge in [0.25, 0.3) is 0 Å². The molecule has 0 aliphatic heterocycles. The lowest BCUT2D eigenvalue weighted by Gasteiger charge is -2.05. The van der Waals surface area contributed by atoms with Crippen molar-refractivity contribution in [1.82, 2.24) is 15.3 Å². The Bertz CT molecular complexity index is 482. The summed E-state index contributed by atoms with van der Waals surface area (Å²) in [5, 5.41) is 3.10. The Labute approximate surface area is 101 Å². The molecule has 1 heterocycles. The van der Waals surface area contributed by atoms with Crippen LogP contribution in [0.2, 0.25) is 0 Å². The minimum absolute atomic E-state index is 0.381. The molecule has 0 unspecified atom stereocenters. The predicted octanol–water partition coefficient (Wildman–Crippen LogP) is 2.30. The highest BCUT2D eigenvalue weighted by Gasteiger charge is 2.00. The molecule has 1 aromatic carbocycles. The van der Waals surface area contributed by atoms with E-state index in [1.54, 1.807) is 6.20 Å². The fourth-order valence-electron chi connectivity index (χ4n) is 1.46. The third kappa shape index (κ3) is 3.26. The molecule has 0 amide bonds. The topological polar surface area (TPSA) is 47.0 Å². The summed E-state index contributed by atoms with van der Waals surface area (Å²) in [4.78, 5) is 8.23. The van der Waals surface area contributed by atoms with E-state index in [0.717, 1.165) is 18.0 Å². The van der Waals surface area contributed by atoms with Gasteiger partial charge in [0.2, 0.25) is 0 Å². The van der Waals surface area contributed by atoms with Crippen molar-refractivity contribution < 1.29 is 4.74 Å². The summed E-state index contributed by atoms with van der Waals surface area (Å²) in [6, 6.07) is 10.1. The third-order valence-electron chi connectivity index (χ3n) is 2.29. The first-order valence-electron chi connectivity index (χ1n) is 5.49. The number of aromatic nitrogens is 2. The molecule has 4 heteroatoms. The lowest BCUT2D eigenvalue weighted by Crippen LogP contribution is -2.04. The summed E-state index contributed by atoms with van der Waals surface area (Å²) in [5.74, 6) is 0.746. The highest BCUT2D eigenvalue weighted by Crippen LogP contribution is 2.18. The highest BCUT2D eigenvalue weighted by molar-refractivity contribution is 5.29. The number of benzene rings is 1. The molecular formula is C13H15N3O. The van der Waals surface area contributed by atoms with Crippen LogP contribution in [0.5, 0.6) is 11.8 Å². The van der Waals surface area contributed by atoms with Crippen LogP contribution in [0, 0.1) is 6.92 Å². The minimum Gasteiger partial charge on any atom is -0.424 e. The molecule has 88 valence electrons. The molecule has 0 saturated heterocycles. The van der Waals surface area contributed by atoms with Crippen molar-refractivity contribution in [2.45, 2.75) is 13.5 Å². The molecule has 2 aromatic rings. The van der Waals surface area contributed by atoms with Crippen LogP contribution in [0.1, 0.15) is 11.3 Å². The first-order valence-corrected chi connectivity index (χ1v) is 5.49. The van der Waals surface area contributed by atoms with E-state index in [1.165, 1.54) is 5.56 Å². The SMILES string of the molecule is CNCc1ccc(Oc2nccc(C)n2)cc1. The zero-order valence-electron chi connectivity index (χ0n) is 9.97. The third-order valence-corrected chi connectivity index (χ3v) is 2.29. The van der Waals surface area contributed by atoms with Gasteiger partial charge < -0.3 is 10.1 Å². The van der Waals surface area contributed by atoms with E-state index in [0.29, 0.717) is 6.01 Å². The van der Waals surface area contributed by atoms with Crippen molar-refractivity contribution >= 4 is 0 Å². The highest BCUT2D eigenvalue weighted by atomic mass is 16.5. The number of nitrogens with one attached hydrogen (secondary N) is 1. The van der Waals surface area contributed by atoms with E-state index in [2.05, 4.69) is 15.3 Å². The largest absolute Gasteiger partial charge is 0.424 e. The van der Waals surface area contributed by atoms with Crippen LogP contribution in [0.15, 0.2) is 36.5 Å². The molecular weight excluding hydrogens is 214 g/mol. The van der Waals surface area contributed by atoms with E-state index in [-0.39, 0.29) is 0 Å². The maximum atomic E-state index is 5.55. The van der Waals surface area contributed by atoms with Gasteiger partial charge in [-0.1, -0.05) is 12.1 Å². The summed E-state index contributed by atoms with van der Waals surface area (Å²) < 4.78 is 5.55. The normalized spacial score (nSPS) is 10.2. The molecule has 0 radical (unpaired) electrons. The minimum atomic E-state index is 0.381. The molecule has 0 aliphatic carbocycles. The summed E-state index contributed by atoms with van der Waals surface area (Å²) in [5.41, 5.74) is 2.10. The summed E-state index contributed by atoms with van der Waals surface area (Å²) in [6.45, 7) is 2.76. The van der Waals surface area contributed by atoms with Crippen molar-refractivity contribution in [2.24, 2.45) is 0 Å². The predicted molar refractivity (Wildman–Crippen MR) is 66.0 cm³/mol. The molecule has 17 heavy (non-hydrogen) atoms. The van der Waals surface area contributed by atoms with Gasteiger partial charge in [0.15, 0.2) is 0 Å². The van der Waals surface area contributed by atoms with Crippen molar-refractivity contribution in [3.05, 3.63) is 47.8 Å². The fraction of sp³-hybridized carbons (Fsp3) is 0.231. The molecule has 0 fully saturated rings. The van der Waals surface area contributed by atoms with Gasteiger partial charge in [-0.3, -0.25) is 0 Å². The summed E-state index contributed by atoms with van der Waals surface area (Å²) in [6.07, 6.45) is 1.69. The van der Waals surface area contributed by atoms with Crippen molar-refractivity contribution in [2.75, 3.05) is 7.05 Å². The van der Waals surface area contributed by atoms with Crippen LogP contribution in [0.3, 0.4) is 0 Å². The second kappa shape index (κ2) is 5.41. The molecule has 2 rings (SSSR count). The molecule has 0 spiro atoms. The van der Waals surface area contributed by atoms with Crippen molar-refractivity contribution in [3.8, 4) is 11.8 Å². The Kier molecular flexibility index (Phi) is 3.67. The molecule has 0 bridgehead atoms. The van der Waals surface area contributed by atoms with Crippen LogP contribution in [0.25, 0.3) is 0 Å². The first-order chi connectivity index (χ1) is 8.28. The Morgan fingerprint density at radius 3 is 2.59 bits per heavy atom. The van der Waals surface area contributed by atoms with Gasteiger partial charge in [0.1, 0.15) is 5.75 Å². The average molecular weight is 229 g/mol. The van der Waals surface area contributed by atoms with Crippen LogP contribution < -0.4 is 10.1 Å². The van der Waals surface area contributed by atoms with Gasteiger partial charge in [-0.05, 0) is 37.7 Å². The van der Waals surface area contributed by atoms with E-state index >= 15 is 0 Å². The number of nitrogens with zero attached hydrogens (tertiary/aromatic N) is 2. The lowest BCUT2D eigenvalue weighted by molar-refractivity contribution is 0.440. The quantitative estimate of drug-likeness (QED) is 0.873. The van der Waals surface area contributed by atoms with Gasteiger partial charge in [-0.15, -0.1) is 0 Å². The summed E-state index contributed by atoms with van der Waals surface area (Å²) >= 11 is 0. The van der Waals surface area contributed by atoms with Gasteiger partial charge in [0.05, 0.1) is 0 Å². The van der Waals surface area contributed by atoms with Gasteiger partial charge in [-0.25, -0.2) is 9.97 Å². The monoisotopic (exact) mass is 229 g/mol. The van der Waals surface area contributed by atoms with Gasteiger partial charge >= 0.3 is 6.01 Å². The van der Waals surface area contributed by atoms with Gasteiger partial charge in [-0.2, -0.15) is 0 Å². The number of rotatable bonds is 4. The first kappa shape index (κ1) is 11.5. The van der Waals surface area contributed by atoms with E-state index in [4.69, 9.17) is 4.74 Å². The second-order valence-corrected chi connectivity index (χ2v) is 3.76. The van der Waals surface area contributed by atoms with Crippen LogP contribution in [-0.2, 0) is 6.54 Å². The van der Waals surface area contributed by atoms with Crippen molar-refractivity contribution in [1.29, 1.82) is 0 Å². The maximum Gasteiger partial charge on any atom is 0.322 e. The molecule has 0 saturated carbocycles. The van der Waals surface area contributed by atoms with Crippen molar-refractivity contribution in [3.63, 3.8) is 0 Å². The number of aryl methyl sites for hydroxylation is 1. The lowest BCUT2D eigenvalue weighted by atomic mass is 10.2. The zero-order valence-corrected chi connectivity index (χ0v) is 9.97.